The minimum Gasteiger partial charge on any atom is -0.480 e. The molecule has 0 aromatic rings. The first-order valence-corrected chi connectivity index (χ1v) is 10.6. The molecular formula is C20H35N5O6. The number of carbonyl (C=O) groups excluding carboxylic acids is 4. The van der Waals surface area contributed by atoms with Crippen LogP contribution in [0.5, 0.6) is 0 Å². The van der Waals surface area contributed by atoms with Gasteiger partial charge in [-0.1, -0.05) is 27.7 Å². The molecule has 11 nitrogen and oxygen atoms in total. The third-order valence-corrected chi connectivity index (χ3v) is 4.98. The molecule has 4 amide bonds. The standard InChI is InChI=1S/C20H35N5O6/c1-10(2)8-13(23-17(27)12-6-5-7-22-12)18(28)25-16(11(3)4)19(29)24-14(20(30)31)9-15(21)26/h10-14,16,22H,5-9H2,1-4H3,(H2,21,26)(H,23,27)(H,24,29)(H,25,28)(H,30,31). The van der Waals surface area contributed by atoms with Gasteiger partial charge in [-0.05, 0) is 37.6 Å². The predicted molar refractivity (Wildman–Crippen MR) is 113 cm³/mol. The van der Waals surface area contributed by atoms with Crippen molar-refractivity contribution in [2.24, 2.45) is 17.6 Å². The number of nitrogens with one attached hydrogen (secondary N) is 4. The van der Waals surface area contributed by atoms with E-state index in [1.165, 1.54) is 0 Å². The van der Waals surface area contributed by atoms with Gasteiger partial charge in [0.1, 0.15) is 18.1 Å². The summed E-state index contributed by atoms with van der Waals surface area (Å²) in [4.78, 5) is 60.4. The molecule has 0 radical (unpaired) electrons. The first-order valence-electron chi connectivity index (χ1n) is 10.6. The molecule has 176 valence electrons. The Morgan fingerprint density at radius 3 is 2.10 bits per heavy atom. The van der Waals surface area contributed by atoms with Crippen LogP contribution in [0.1, 0.15) is 53.4 Å². The average molecular weight is 442 g/mol. The normalized spacial score (nSPS) is 18.8. The molecule has 4 atom stereocenters. The van der Waals surface area contributed by atoms with E-state index >= 15 is 0 Å². The molecule has 11 heteroatoms. The van der Waals surface area contributed by atoms with Gasteiger partial charge >= 0.3 is 5.97 Å². The molecule has 1 aliphatic heterocycles. The smallest absolute Gasteiger partial charge is 0.326 e. The van der Waals surface area contributed by atoms with Crippen molar-refractivity contribution in [2.45, 2.75) is 77.5 Å². The average Bonchev–Trinajstić information content (AvgIpc) is 3.18. The van der Waals surface area contributed by atoms with Crippen molar-refractivity contribution in [1.82, 2.24) is 21.3 Å². The number of nitrogens with two attached hydrogens (primary N) is 1. The second-order valence-electron chi connectivity index (χ2n) is 8.64. The Kier molecular flexibility index (Phi) is 10.4. The van der Waals surface area contributed by atoms with Crippen LogP contribution in [0.25, 0.3) is 0 Å². The van der Waals surface area contributed by atoms with E-state index in [-0.39, 0.29) is 23.8 Å². The molecule has 1 fully saturated rings. The number of amides is 4. The zero-order valence-corrected chi connectivity index (χ0v) is 18.6. The molecule has 0 aromatic heterocycles. The summed E-state index contributed by atoms with van der Waals surface area (Å²) in [6.45, 7) is 7.94. The van der Waals surface area contributed by atoms with Crippen LogP contribution in [0.4, 0.5) is 0 Å². The Labute approximate surface area is 182 Å². The highest BCUT2D eigenvalue weighted by Crippen LogP contribution is 2.11. The van der Waals surface area contributed by atoms with Crippen LogP contribution in [-0.2, 0) is 24.0 Å². The molecule has 31 heavy (non-hydrogen) atoms. The van der Waals surface area contributed by atoms with Crippen molar-refractivity contribution in [3.8, 4) is 0 Å². The Morgan fingerprint density at radius 2 is 1.65 bits per heavy atom. The van der Waals surface area contributed by atoms with Crippen molar-refractivity contribution in [2.75, 3.05) is 6.54 Å². The highest BCUT2D eigenvalue weighted by molar-refractivity contribution is 5.95. The third kappa shape index (κ3) is 8.91. The van der Waals surface area contributed by atoms with Crippen molar-refractivity contribution in [1.29, 1.82) is 0 Å². The van der Waals surface area contributed by atoms with Gasteiger partial charge < -0.3 is 32.1 Å². The second-order valence-corrected chi connectivity index (χ2v) is 8.64. The quantitative estimate of drug-likeness (QED) is 0.221. The molecule has 1 saturated heterocycles. The maximum Gasteiger partial charge on any atom is 0.326 e. The zero-order chi connectivity index (χ0) is 23.7. The molecule has 0 saturated carbocycles. The first-order chi connectivity index (χ1) is 14.4. The molecule has 1 aliphatic rings. The number of hydrogen-bond acceptors (Lipinski definition) is 6. The SMILES string of the molecule is CC(C)CC(NC(=O)C1CCCN1)C(=O)NC(C(=O)NC(CC(N)=O)C(=O)O)C(C)C. The Hall–Kier alpha value is -2.69. The largest absolute Gasteiger partial charge is 0.480 e. The van der Waals surface area contributed by atoms with Crippen LogP contribution in [0.3, 0.4) is 0 Å². The first kappa shape index (κ1) is 26.3. The minimum atomic E-state index is -1.50. The fourth-order valence-corrected chi connectivity index (χ4v) is 3.34. The van der Waals surface area contributed by atoms with E-state index < -0.39 is 48.2 Å². The van der Waals surface area contributed by atoms with Crippen LogP contribution in [0.15, 0.2) is 0 Å². The number of carboxylic acids is 1. The van der Waals surface area contributed by atoms with Crippen molar-refractivity contribution in [3.05, 3.63) is 0 Å². The van der Waals surface area contributed by atoms with E-state index in [4.69, 9.17) is 5.73 Å². The van der Waals surface area contributed by atoms with E-state index in [1.807, 2.05) is 13.8 Å². The highest BCUT2D eigenvalue weighted by Gasteiger charge is 2.33. The fourth-order valence-electron chi connectivity index (χ4n) is 3.34. The Balaban J connectivity index is 2.88. The van der Waals surface area contributed by atoms with E-state index in [9.17, 15) is 29.1 Å². The monoisotopic (exact) mass is 441 g/mol. The second kappa shape index (κ2) is 12.2. The molecule has 0 aromatic carbocycles. The lowest BCUT2D eigenvalue weighted by atomic mass is 9.99. The summed E-state index contributed by atoms with van der Waals surface area (Å²) >= 11 is 0. The van der Waals surface area contributed by atoms with Crippen molar-refractivity contribution >= 4 is 29.6 Å². The lowest BCUT2D eigenvalue weighted by molar-refractivity contribution is -0.144. The number of aliphatic carboxylic acids is 1. The third-order valence-electron chi connectivity index (χ3n) is 4.98. The van der Waals surface area contributed by atoms with Gasteiger partial charge in [-0.25, -0.2) is 4.79 Å². The number of hydrogen-bond donors (Lipinski definition) is 6. The maximum atomic E-state index is 12.9. The molecular weight excluding hydrogens is 406 g/mol. The summed E-state index contributed by atoms with van der Waals surface area (Å²) in [6, 6.07) is -3.75. The Bertz CT molecular complexity index is 675. The van der Waals surface area contributed by atoms with Gasteiger partial charge in [-0.15, -0.1) is 0 Å². The van der Waals surface area contributed by atoms with E-state index in [0.29, 0.717) is 12.8 Å². The van der Waals surface area contributed by atoms with Gasteiger partial charge in [-0.2, -0.15) is 0 Å². The zero-order valence-electron chi connectivity index (χ0n) is 18.6. The van der Waals surface area contributed by atoms with Crippen LogP contribution >= 0.6 is 0 Å². The minimum absolute atomic E-state index is 0.103. The number of carbonyl (C=O) groups is 5. The summed E-state index contributed by atoms with van der Waals surface area (Å²) in [5.74, 6) is -4.10. The molecule has 1 heterocycles. The summed E-state index contributed by atoms with van der Waals surface area (Å²) in [7, 11) is 0. The summed E-state index contributed by atoms with van der Waals surface area (Å²) in [5.41, 5.74) is 5.04. The number of rotatable bonds is 12. The van der Waals surface area contributed by atoms with Gasteiger partial charge in [0.15, 0.2) is 0 Å². The van der Waals surface area contributed by atoms with Crippen LogP contribution in [-0.4, -0.2) is 65.4 Å². The molecule has 1 rings (SSSR count). The molecule has 0 aliphatic carbocycles. The molecule has 4 unspecified atom stereocenters. The van der Waals surface area contributed by atoms with Crippen LogP contribution in [0.2, 0.25) is 0 Å². The lowest BCUT2D eigenvalue weighted by Gasteiger charge is -2.27. The van der Waals surface area contributed by atoms with Crippen LogP contribution < -0.4 is 27.0 Å². The highest BCUT2D eigenvalue weighted by atomic mass is 16.4. The van der Waals surface area contributed by atoms with Gasteiger partial charge in [0, 0.05) is 0 Å². The summed E-state index contributed by atoms with van der Waals surface area (Å²) in [6.07, 6.45) is 1.37. The van der Waals surface area contributed by atoms with Gasteiger partial charge in [0.25, 0.3) is 0 Å². The van der Waals surface area contributed by atoms with Crippen molar-refractivity contribution < 1.29 is 29.1 Å². The predicted octanol–water partition coefficient (Wildman–Crippen LogP) is -1.15. The molecule has 0 spiro atoms. The van der Waals surface area contributed by atoms with Gasteiger partial charge in [0.05, 0.1) is 12.5 Å². The van der Waals surface area contributed by atoms with Gasteiger partial charge in [-0.3, -0.25) is 19.2 Å². The Morgan fingerprint density at radius 1 is 1.00 bits per heavy atom. The number of carboxylic acid groups (broad SMARTS) is 1. The lowest BCUT2D eigenvalue weighted by Crippen LogP contribution is -2.58. The molecule has 0 bridgehead atoms. The van der Waals surface area contributed by atoms with E-state index in [2.05, 4.69) is 21.3 Å². The summed E-state index contributed by atoms with van der Waals surface area (Å²) < 4.78 is 0. The summed E-state index contributed by atoms with van der Waals surface area (Å²) in [5, 5.41) is 19.9. The van der Waals surface area contributed by atoms with E-state index in [0.717, 1.165) is 13.0 Å². The number of primary amides is 1. The van der Waals surface area contributed by atoms with Crippen LogP contribution in [0, 0.1) is 11.8 Å². The topological polar surface area (TPSA) is 180 Å². The molecule has 7 N–H and O–H groups in total. The fraction of sp³-hybridized carbons (Fsp3) is 0.750. The maximum absolute atomic E-state index is 12.9. The van der Waals surface area contributed by atoms with E-state index in [1.54, 1.807) is 13.8 Å². The van der Waals surface area contributed by atoms with Crippen molar-refractivity contribution in [3.63, 3.8) is 0 Å². The van der Waals surface area contributed by atoms with Gasteiger partial charge in [0.2, 0.25) is 23.6 Å².